The maximum absolute atomic E-state index is 13.6. The van der Waals surface area contributed by atoms with E-state index in [-0.39, 0.29) is 11.1 Å². The van der Waals surface area contributed by atoms with Gasteiger partial charge in [0.2, 0.25) is 5.88 Å². The molecule has 3 nitrogen and oxygen atoms in total. The van der Waals surface area contributed by atoms with Crippen LogP contribution >= 0.6 is 11.6 Å². The van der Waals surface area contributed by atoms with Gasteiger partial charge in [0.15, 0.2) is 0 Å². The third-order valence-corrected chi connectivity index (χ3v) is 3.70. The molecule has 1 aromatic carbocycles. The van der Waals surface area contributed by atoms with E-state index in [9.17, 15) is 4.39 Å². The first-order valence-corrected chi connectivity index (χ1v) is 7.20. The average Bonchev–Trinajstić information content (AvgIpc) is 2.51. The van der Waals surface area contributed by atoms with E-state index >= 15 is 0 Å². The van der Waals surface area contributed by atoms with Crippen molar-refractivity contribution in [2.24, 2.45) is 0 Å². The van der Waals surface area contributed by atoms with Crippen LogP contribution in [0.5, 0.6) is 5.88 Å². The SMILES string of the molecule is CCNC(Cc1cccc(F)c1Cl)c1cccnc1OC. The van der Waals surface area contributed by atoms with Gasteiger partial charge in [0, 0.05) is 17.8 Å². The molecule has 0 aliphatic heterocycles. The smallest absolute Gasteiger partial charge is 0.217 e. The highest BCUT2D eigenvalue weighted by Crippen LogP contribution is 2.29. The van der Waals surface area contributed by atoms with Crippen LogP contribution in [-0.2, 0) is 6.42 Å². The summed E-state index contributed by atoms with van der Waals surface area (Å²) in [6, 6.07) is 8.62. The molecule has 1 N–H and O–H groups in total. The summed E-state index contributed by atoms with van der Waals surface area (Å²) in [6.45, 7) is 2.79. The first kappa shape index (κ1) is 15.7. The van der Waals surface area contributed by atoms with Crippen molar-refractivity contribution >= 4 is 11.6 Å². The number of hydrogen-bond acceptors (Lipinski definition) is 3. The van der Waals surface area contributed by atoms with Gasteiger partial charge in [-0.05, 0) is 30.7 Å². The lowest BCUT2D eigenvalue weighted by molar-refractivity contribution is 0.382. The Balaban J connectivity index is 2.33. The van der Waals surface area contributed by atoms with Gasteiger partial charge >= 0.3 is 0 Å². The molecule has 0 amide bonds. The van der Waals surface area contributed by atoms with Crippen LogP contribution in [0.25, 0.3) is 0 Å². The lowest BCUT2D eigenvalue weighted by Gasteiger charge is -2.20. The summed E-state index contributed by atoms with van der Waals surface area (Å²) >= 11 is 6.05. The molecule has 0 aliphatic carbocycles. The molecule has 1 heterocycles. The van der Waals surface area contributed by atoms with Crippen LogP contribution in [0.2, 0.25) is 5.02 Å². The van der Waals surface area contributed by atoms with E-state index < -0.39 is 5.82 Å². The molecule has 1 unspecified atom stereocenters. The molecular formula is C16H18ClFN2O. The Kier molecular flexibility index (Phi) is 5.53. The first-order valence-electron chi connectivity index (χ1n) is 6.82. The molecular weight excluding hydrogens is 291 g/mol. The quantitative estimate of drug-likeness (QED) is 0.882. The van der Waals surface area contributed by atoms with Gasteiger partial charge in [-0.3, -0.25) is 0 Å². The normalized spacial score (nSPS) is 12.2. The van der Waals surface area contributed by atoms with E-state index in [0.717, 1.165) is 17.7 Å². The molecule has 0 aliphatic rings. The van der Waals surface area contributed by atoms with Crippen molar-refractivity contribution in [3.63, 3.8) is 0 Å². The predicted molar refractivity (Wildman–Crippen MR) is 82.3 cm³/mol. The summed E-state index contributed by atoms with van der Waals surface area (Å²) in [6.07, 6.45) is 2.24. The van der Waals surface area contributed by atoms with E-state index in [1.54, 1.807) is 19.4 Å². The third-order valence-electron chi connectivity index (χ3n) is 3.28. The minimum atomic E-state index is -0.400. The van der Waals surface area contributed by atoms with Crippen molar-refractivity contribution in [1.82, 2.24) is 10.3 Å². The Labute approximate surface area is 129 Å². The highest BCUT2D eigenvalue weighted by molar-refractivity contribution is 6.31. The maximum atomic E-state index is 13.6. The van der Waals surface area contributed by atoms with Crippen molar-refractivity contribution in [3.8, 4) is 5.88 Å². The third kappa shape index (κ3) is 3.71. The van der Waals surface area contributed by atoms with Crippen LogP contribution in [0.4, 0.5) is 4.39 Å². The van der Waals surface area contributed by atoms with Gasteiger partial charge in [-0.1, -0.05) is 36.7 Å². The minimum absolute atomic E-state index is 0.0436. The molecule has 0 fully saturated rings. The summed E-state index contributed by atoms with van der Waals surface area (Å²) in [7, 11) is 1.59. The number of rotatable bonds is 6. The van der Waals surface area contributed by atoms with Gasteiger partial charge in [0.1, 0.15) is 5.82 Å². The number of ether oxygens (including phenoxy) is 1. The molecule has 0 saturated carbocycles. The largest absolute Gasteiger partial charge is 0.481 e. The lowest BCUT2D eigenvalue weighted by atomic mass is 9.99. The van der Waals surface area contributed by atoms with Gasteiger partial charge in [-0.15, -0.1) is 0 Å². The van der Waals surface area contributed by atoms with Gasteiger partial charge in [-0.2, -0.15) is 0 Å². The van der Waals surface area contributed by atoms with Crippen LogP contribution in [0, 0.1) is 5.82 Å². The number of aromatic nitrogens is 1. The number of methoxy groups -OCH3 is 1. The fourth-order valence-electron chi connectivity index (χ4n) is 2.30. The van der Waals surface area contributed by atoms with E-state index in [1.807, 2.05) is 25.1 Å². The van der Waals surface area contributed by atoms with Crippen molar-refractivity contribution in [3.05, 3.63) is 58.5 Å². The summed E-state index contributed by atoms with van der Waals surface area (Å²) in [5, 5.41) is 3.54. The molecule has 2 aromatic rings. The second-order valence-corrected chi connectivity index (χ2v) is 5.01. The predicted octanol–water partition coefficient (Wildman–Crippen LogP) is 3.78. The zero-order valence-corrected chi connectivity index (χ0v) is 12.8. The van der Waals surface area contributed by atoms with Crippen LogP contribution in [0.3, 0.4) is 0 Å². The summed E-state index contributed by atoms with van der Waals surface area (Å²) in [5.41, 5.74) is 1.69. The highest BCUT2D eigenvalue weighted by atomic mass is 35.5. The Morgan fingerprint density at radius 1 is 1.33 bits per heavy atom. The van der Waals surface area contributed by atoms with E-state index in [0.29, 0.717) is 12.3 Å². The number of hydrogen-bond donors (Lipinski definition) is 1. The molecule has 112 valence electrons. The second kappa shape index (κ2) is 7.38. The zero-order valence-electron chi connectivity index (χ0n) is 12.1. The number of halogens is 2. The molecule has 0 radical (unpaired) electrons. The number of benzene rings is 1. The van der Waals surface area contributed by atoms with Crippen LogP contribution in [0.15, 0.2) is 36.5 Å². The van der Waals surface area contributed by atoms with Crippen molar-refractivity contribution in [1.29, 1.82) is 0 Å². The minimum Gasteiger partial charge on any atom is -0.481 e. The molecule has 21 heavy (non-hydrogen) atoms. The lowest BCUT2D eigenvalue weighted by Crippen LogP contribution is -2.24. The molecule has 1 atom stereocenters. The fraction of sp³-hybridized carbons (Fsp3) is 0.312. The Morgan fingerprint density at radius 2 is 2.14 bits per heavy atom. The summed E-state index contributed by atoms with van der Waals surface area (Å²) < 4.78 is 18.9. The van der Waals surface area contributed by atoms with Crippen LogP contribution in [-0.4, -0.2) is 18.6 Å². The maximum Gasteiger partial charge on any atom is 0.217 e. The Morgan fingerprint density at radius 3 is 2.86 bits per heavy atom. The van der Waals surface area contributed by atoms with E-state index in [2.05, 4.69) is 10.3 Å². The van der Waals surface area contributed by atoms with Gasteiger partial charge < -0.3 is 10.1 Å². The topological polar surface area (TPSA) is 34.2 Å². The molecule has 5 heteroatoms. The average molecular weight is 309 g/mol. The molecule has 1 aromatic heterocycles. The Bertz CT molecular complexity index is 607. The second-order valence-electron chi connectivity index (χ2n) is 4.63. The number of nitrogens with one attached hydrogen (secondary N) is 1. The van der Waals surface area contributed by atoms with Gasteiger partial charge in [0.25, 0.3) is 0 Å². The van der Waals surface area contributed by atoms with Crippen LogP contribution in [0.1, 0.15) is 24.1 Å². The zero-order chi connectivity index (χ0) is 15.2. The fourth-order valence-corrected chi connectivity index (χ4v) is 2.51. The number of nitrogens with zero attached hydrogens (tertiary/aromatic N) is 1. The molecule has 0 bridgehead atoms. The van der Waals surface area contributed by atoms with Crippen molar-refractivity contribution in [2.45, 2.75) is 19.4 Å². The number of likely N-dealkylation sites (N-methyl/N-ethyl adjacent to an activating group) is 1. The Hall–Kier alpha value is -1.65. The summed E-state index contributed by atoms with van der Waals surface area (Å²) in [5.74, 6) is 0.165. The van der Waals surface area contributed by atoms with Gasteiger partial charge in [-0.25, -0.2) is 9.37 Å². The standard InChI is InChI=1S/C16H18ClFN2O/c1-3-19-14(12-7-5-9-20-16(12)21-2)10-11-6-4-8-13(18)15(11)17/h4-9,14,19H,3,10H2,1-2H3. The van der Waals surface area contributed by atoms with E-state index in [4.69, 9.17) is 16.3 Å². The van der Waals surface area contributed by atoms with Crippen molar-refractivity contribution < 1.29 is 9.13 Å². The van der Waals surface area contributed by atoms with Crippen molar-refractivity contribution in [2.75, 3.05) is 13.7 Å². The highest BCUT2D eigenvalue weighted by Gasteiger charge is 2.18. The number of pyridine rings is 1. The molecule has 0 spiro atoms. The molecule has 0 saturated heterocycles. The van der Waals surface area contributed by atoms with Gasteiger partial charge in [0.05, 0.1) is 12.1 Å². The van der Waals surface area contributed by atoms with E-state index in [1.165, 1.54) is 6.07 Å². The molecule has 2 rings (SSSR count). The monoisotopic (exact) mass is 308 g/mol. The van der Waals surface area contributed by atoms with Crippen LogP contribution < -0.4 is 10.1 Å². The summed E-state index contributed by atoms with van der Waals surface area (Å²) in [4.78, 5) is 4.21. The first-order chi connectivity index (χ1) is 10.2.